The Balaban J connectivity index is 2.56. The Morgan fingerprint density at radius 3 is 2.62 bits per heavy atom. The molecular formula is C17H22N2O5. The number of aromatic nitrogens is 1. The van der Waals surface area contributed by atoms with Gasteiger partial charge in [0.1, 0.15) is 12.2 Å². The largest absolute Gasteiger partial charge is 0.493 e. The minimum Gasteiger partial charge on any atom is -0.493 e. The first-order chi connectivity index (χ1) is 11.3. The van der Waals surface area contributed by atoms with E-state index >= 15 is 0 Å². The lowest BCUT2D eigenvalue weighted by molar-refractivity contribution is 0.0918. The molecular weight excluding hydrogens is 312 g/mol. The molecule has 1 aromatic heterocycles. The molecule has 130 valence electrons. The number of fused-ring (bicyclic) bond motifs is 1. The molecule has 0 spiro atoms. The number of ether oxygens (including phenoxy) is 2. The van der Waals surface area contributed by atoms with Gasteiger partial charge in [0, 0.05) is 10.9 Å². The second-order valence-corrected chi connectivity index (χ2v) is 6.35. The van der Waals surface area contributed by atoms with Crippen LogP contribution in [0.25, 0.3) is 10.9 Å². The molecule has 0 saturated heterocycles. The van der Waals surface area contributed by atoms with Crippen molar-refractivity contribution in [1.82, 2.24) is 10.3 Å². The number of H-pyrrole nitrogens is 1. The Bertz CT molecular complexity index is 805. The first-order valence-corrected chi connectivity index (χ1v) is 7.57. The minimum atomic E-state index is -0.522. The Morgan fingerprint density at radius 2 is 2.04 bits per heavy atom. The summed E-state index contributed by atoms with van der Waals surface area (Å²) in [4.78, 5) is 27.3. The van der Waals surface area contributed by atoms with Gasteiger partial charge in [0.15, 0.2) is 11.5 Å². The number of rotatable bonds is 5. The van der Waals surface area contributed by atoms with Crippen molar-refractivity contribution in [2.45, 2.75) is 26.3 Å². The number of aliphatic hydroxyl groups is 1. The lowest BCUT2D eigenvalue weighted by atomic mass is 10.1. The van der Waals surface area contributed by atoms with Crippen LogP contribution >= 0.6 is 0 Å². The van der Waals surface area contributed by atoms with Crippen molar-refractivity contribution in [2.75, 3.05) is 20.3 Å². The molecule has 1 heterocycles. The molecule has 1 amide bonds. The molecule has 24 heavy (non-hydrogen) atoms. The van der Waals surface area contributed by atoms with Gasteiger partial charge in [0.2, 0.25) is 0 Å². The van der Waals surface area contributed by atoms with Gasteiger partial charge in [-0.25, -0.2) is 0 Å². The number of nitrogens with one attached hydrogen (secondary N) is 2. The summed E-state index contributed by atoms with van der Waals surface area (Å²) in [6.45, 7) is 5.41. The minimum absolute atomic E-state index is 0.0238. The summed E-state index contributed by atoms with van der Waals surface area (Å²) in [7, 11) is 1.48. The third kappa shape index (κ3) is 3.86. The Morgan fingerprint density at radius 1 is 1.33 bits per heavy atom. The summed E-state index contributed by atoms with van der Waals surface area (Å²) < 4.78 is 10.7. The predicted octanol–water partition coefficient (Wildman–Crippen LogP) is 1.44. The van der Waals surface area contributed by atoms with Gasteiger partial charge < -0.3 is 24.9 Å². The molecule has 3 N–H and O–H groups in total. The molecule has 1 aromatic carbocycles. The molecule has 0 aliphatic carbocycles. The van der Waals surface area contributed by atoms with E-state index in [1.807, 2.05) is 20.8 Å². The van der Waals surface area contributed by atoms with E-state index in [0.717, 1.165) is 0 Å². The van der Waals surface area contributed by atoms with Gasteiger partial charge in [-0.3, -0.25) is 9.59 Å². The van der Waals surface area contributed by atoms with Gasteiger partial charge in [0.05, 0.1) is 19.2 Å². The van der Waals surface area contributed by atoms with Crippen LogP contribution in [0.1, 0.15) is 31.1 Å². The van der Waals surface area contributed by atoms with E-state index < -0.39 is 17.0 Å². The molecule has 0 aliphatic rings. The second-order valence-electron chi connectivity index (χ2n) is 6.35. The number of aromatic amines is 1. The molecule has 0 fully saturated rings. The van der Waals surface area contributed by atoms with Gasteiger partial charge in [-0.05, 0) is 39.0 Å². The SMILES string of the molecule is COc1ccc2cc(C(=O)NC(C)(C)C)c(=O)[nH]c2c1OCCO. The van der Waals surface area contributed by atoms with Crippen LogP contribution in [-0.2, 0) is 0 Å². The molecule has 7 nitrogen and oxygen atoms in total. The monoisotopic (exact) mass is 334 g/mol. The molecule has 7 heteroatoms. The zero-order valence-corrected chi connectivity index (χ0v) is 14.2. The molecule has 2 aromatic rings. The topological polar surface area (TPSA) is 101 Å². The van der Waals surface area contributed by atoms with Crippen LogP contribution in [0, 0.1) is 0 Å². The van der Waals surface area contributed by atoms with E-state index in [2.05, 4.69) is 10.3 Å². The van der Waals surface area contributed by atoms with E-state index in [1.165, 1.54) is 13.2 Å². The Kier molecular flexibility index (Phi) is 5.14. The molecule has 0 radical (unpaired) electrons. The van der Waals surface area contributed by atoms with E-state index in [-0.39, 0.29) is 18.8 Å². The summed E-state index contributed by atoms with van der Waals surface area (Å²) in [6, 6.07) is 4.92. The summed E-state index contributed by atoms with van der Waals surface area (Å²) in [6.07, 6.45) is 0. The first kappa shape index (κ1) is 17.8. The van der Waals surface area contributed by atoms with Crippen LogP contribution in [-0.4, -0.2) is 41.9 Å². The fourth-order valence-electron chi connectivity index (χ4n) is 2.26. The van der Waals surface area contributed by atoms with Crippen LogP contribution in [0.2, 0.25) is 0 Å². The van der Waals surface area contributed by atoms with E-state index in [4.69, 9.17) is 14.6 Å². The van der Waals surface area contributed by atoms with Crippen molar-refractivity contribution >= 4 is 16.8 Å². The van der Waals surface area contributed by atoms with Crippen molar-refractivity contribution in [1.29, 1.82) is 0 Å². The number of hydrogen-bond acceptors (Lipinski definition) is 5. The standard InChI is InChI=1S/C17H22N2O5/c1-17(2,3)19-16(22)11-9-10-5-6-12(23-4)14(24-8-7-20)13(10)18-15(11)21/h5-6,9,20H,7-8H2,1-4H3,(H,18,21)(H,19,22). The zero-order valence-electron chi connectivity index (χ0n) is 14.2. The van der Waals surface area contributed by atoms with E-state index in [1.54, 1.807) is 12.1 Å². The fraction of sp³-hybridized carbons (Fsp3) is 0.412. The van der Waals surface area contributed by atoms with Crippen molar-refractivity contribution in [2.24, 2.45) is 0 Å². The molecule has 0 bridgehead atoms. The summed E-state index contributed by atoms with van der Waals surface area (Å²) in [5.74, 6) is 0.307. The number of amides is 1. The maximum Gasteiger partial charge on any atom is 0.261 e. The maximum absolute atomic E-state index is 12.3. The molecule has 2 rings (SSSR count). The number of benzene rings is 1. The van der Waals surface area contributed by atoms with Crippen LogP contribution in [0.15, 0.2) is 23.0 Å². The smallest absolute Gasteiger partial charge is 0.261 e. The van der Waals surface area contributed by atoms with Crippen molar-refractivity contribution < 1.29 is 19.4 Å². The second kappa shape index (κ2) is 6.92. The number of carbonyl (C=O) groups excluding carboxylic acids is 1. The summed E-state index contributed by atoms with van der Waals surface area (Å²) in [5, 5.41) is 12.3. The Labute approximate surface area is 139 Å². The van der Waals surface area contributed by atoms with Crippen molar-refractivity contribution in [3.05, 3.63) is 34.1 Å². The number of aliphatic hydroxyl groups excluding tert-OH is 1. The molecule has 0 aliphatic heterocycles. The first-order valence-electron chi connectivity index (χ1n) is 7.57. The maximum atomic E-state index is 12.3. The average Bonchev–Trinajstić information content (AvgIpc) is 2.50. The fourth-order valence-corrected chi connectivity index (χ4v) is 2.26. The molecule has 0 saturated carbocycles. The van der Waals surface area contributed by atoms with Crippen molar-refractivity contribution in [3.8, 4) is 11.5 Å². The van der Waals surface area contributed by atoms with E-state index in [0.29, 0.717) is 22.4 Å². The zero-order chi connectivity index (χ0) is 17.9. The normalized spacial score (nSPS) is 11.4. The van der Waals surface area contributed by atoms with Gasteiger partial charge in [0.25, 0.3) is 11.5 Å². The number of hydrogen-bond donors (Lipinski definition) is 3. The van der Waals surface area contributed by atoms with Crippen LogP contribution in [0.4, 0.5) is 0 Å². The van der Waals surface area contributed by atoms with Crippen LogP contribution < -0.4 is 20.3 Å². The predicted molar refractivity (Wildman–Crippen MR) is 90.9 cm³/mol. The average molecular weight is 334 g/mol. The molecule has 0 unspecified atom stereocenters. The van der Waals surface area contributed by atoms with Gasteiger partial charge in [-0.15, -0.1) is 0 Å². The van der Waals surface area contributed by atoms with Crippen LogP contribution in [0.3, 0.4) is 0 Å². The highest BCUT2D eigenvalue weighted by atomic mass is 16.5. The highest BCUT2D eigenvalue weighted by Gasteiger charge is 2.20. The van der Waals surface area contributed by atoms with Gasteiger partial charge in [-0.1, -0.05) is 0 Å². The summed E-state index contributed by atoms with van der Waals surface area (Å²) >= 11 is 0. The van der Waals surface area contributed by atoms with Crippen molar-refractivity contribution in [3.63, 3.8) is 0 Å². The van der Waals surface area contributed by atoms with E-state index in [9.17, 15) is 9.59 Å². The van der Waals surface area contributed by atoms with Gasteiger partial charge in [-0.2, -0.15) is 0 Å². The highest BCUT2D eigenvalue weighted by Crippen LogP contribution is 2.34. The van der Waals surface area contributed by atoms with Gasteiger partial charge >= 0.3 is 0 Å². The Hall–Kier alpha value is -2.54. The quantitative estimate of drug-likeness (QED) is 0.768. The lowest BCUT2D eigenvalue weighted by Gasteiger charge is -2.20. The molecule has 0 atom stereocenters. The number of carbonyl (C=O) groups is 1. The highest BCUT2D eigenvalue weighted by molar-refractivity contribution is 5.98. The lowest BCUT2D eigenvalue weighted by Crippen LogP contribution is -2.42. The van der Waals surface area contributed by atoms with Crippen LogP contribution in [0.5, 0.6) is 11.5 Å². The number of pyridine rings is 1. The number of methoxy groups -OCH3 is 1. The summed E-state index contributed by atoms with van der Waals surface area (Å²) in [5.41, 5.74) is -0.532. The third-order valence-electron chi connectivity index (χ3n) is 3.23. The third-order valence-corrected chi connectivity index (χ3v) is 3.23.